The molecule has 112 valence electrons. The molecular weight excluding hydrogens is 303 g/mol. The highest BCUT2D eigenvalue weighted by molar-refractivity contribution is 6.32. The van der Waals surface area contributed by atoms with Gasteiger partial charge in [0, 0.05) is 6.07 Å². The number of carbonyl (C=O) groups is 1. The Balaban J connectivity index is 2.81. The van der Waals surface area contributed by atoms with Crippen molar-refractivity contribution >= 4 is 23.4 Å². The number of methoxy groups -OCH3 is 2. The molecule has 1 N–H and O–H groups in total. The first-order chi connectivity index (χ1) is 9.26. The molecule has 1 rings (SSSR count). The number of hydrogen-bond acceptors (Lipinski definition) is 4. The fourth-order valence-corrected chi connectivity index (χ4v) is 1.49. The first-order valence-electron chi connectivity index (χ1n) is 5.19. The standard InChI is InChI=1S/C11H11ClF3NO4/c1-18-8-4-9(19-2)7(3-6(8)12)16-10(17)20-5-11(13,14)15/h3-4H,5H2,1-2H3,(H,16,17). The zero-order valence-electron chi connectivity index (χ0n) is 10.5. The summed E-state index contributed by atoms with van der Waals surface area (Å²) in [4.78, 5) is 11.2. The third-order valence-corrected chi connectivity index (χ3v) is 2.37. The summed E-state index contributed by atoms with van der Waals surface area (Å²) >= 11 is 5.84. The summed E-state index contributed by atoms with van der Waals surface area (Å²) in [5.41, 5.74) is 0.0606. The molecule has 0 heterocycles. The lowest BCUT2D eigenvalue weighted by Gasteiger charge is -2.13. The maximum atomic E-state index is 11.9. The van der Waals surface area contributed by atoms with E-state index in [9.17, 15) is 18.0 Å². The van der Waals surface area contributed by atoms with Gasteiger partial charge < -0.3 is 14.2 Å². The molecule has 0 aromatic heterocycles. The Morgan fingerprint density at radius 2 is 1.85 bits per heavy atom. The summed E-state index contributed by atoms with van der Waals surface area (Å²) in [6, 6.07) is 2.65. The predicted octanol–water partition coefficient (Wildman–Crippen LogP) is 3.47. The average molecular weight is 314 g/mol. The van der Waals surface area contributed by atoms with Crippen molar-refractivity contribution in [2.75, 3.05) is 26.1 Å². The maximum absolute atomic E-state index is 11.9. The number of hydrogen-bond donors (Lipinski definition) is 1. The van der Waals surface area contributed by atoms with E-state index in [4.69, 9.17) is 21.1 Å². The van der Waals surface area contributed by atoms with Crippen LogP contribution in [0.3, 0.4) is 0 Å². The summed E-state index contributed by atoms with van der Waals surface area (Å²) in [5.74, 6) is 0.452. The van der Waals surface area contributed by atoms with Crippen molar-refractivity contribution < 1.29 is 32.2 Å². The van der Waals surface area contributed by atoms with Crippen molar-refractivity contribution in [3.63, 3.8) is 0 Å². The van der Waals surface area contributed by atoms with Crippen LogP contribution < -0.4 is 14.8 Å². The Hall–Kier alpha value is -1.83. The summed E-state index contributed by atoms with van der Waals surface area (Å²) in [6.45, 7) is -1.69. The Kier molecular flexibility index (Phi) is 5.32. The second-order valence-corrected chi connectivity index (χ2v) is 3.91. The maximum Gasteiger partial charge on any atom is 0.422 e. The zero-order valence-corrected chi connectivity index (χ0v) is 11.3. The number of nitrogens with one attached hydrogen (secondary N) is 1. The number of ether oxygens (including phenoxy) is 3. The predicted molar refractivity (Wildman–Crippen MR) is 65.6 cm³/mol. The first kappa shape index (κ1) is 16.2. The van der Waals surface area contributed by atoms with Gasteiger partial charge in [-0.3, -0.25) is 5.32 Å². The lowest BCUT2D eigenvalue weighted by molar-refractivity contribution is -0.159. The number of alkyl halides is 3. The van der Waals surface area contributed by atoms with Crippen LogP contribution in [0.1, 0.15) is 0 Å². The molecule has 0 fully saturated rings. The number of carbonyl (C=O) groups excluding carboxylic acids is 1. The van der Waals surface area contributed by atoms with Crippen molar-refractivity contribution in [3.05, 3.63) is 17.2 Å². The van der Waals surface area contributed by atoms with Crippen LogP contribution in [-0.4, -0.2) is 33.1 Å². The van der Waals surface area contributed by atoms with Crippen LogP contribution in [0.25, 0.3) is 0 Å². The summed E-state index contributed by atoms with van der Waals surface area (Å²) in [6.07, 6.45) is -5.87. The molecule has 20 heavy (non-hydrogen) atoms. The van der Waals surface area contributed by atoms with Crippen LogP contribution >= 0.6 is 11.6 Å². The van der Waals surface area contributed by atoms with E-state index in [1.807, 2.05) is 0 Å². The molecule has 0 aliphatic rings. The third kappa shape index (κ3) is 4.69. The van der Waals surface area contributed by atoms with Gasteiger partial charge in [-0.15, -0.1) is 0 Å². The molecular formula is C11H11ClF3NO4. The Labute approximate surface area is 117 Å². The molecule has 0 radical (unpaired) electrons. The van der Waals surface area contributed by atoms with Crippen molar-refractivity contribution in [2.24, 2.45) is 0 Å². The quantitative estimate of drug-likeness (QED) is 0.924. The highest BCUT2D eigenvalue weighted by Crippen LogP contribution is 2.35. The van der Waals surface area contributed by atoms with Gasteiger partial charge in [0.25, 0.3) is 0 Å². The topological polar surface area (TPSA) is 56.8 Å². The Morgan fingerprint density at radius 3 is 2.35 bits per heavy atom. The Bertz CT molecular complexity index is 493. The van der Waals surface area contributed by atoms with Crippen molar-refractivity contribution in [1.82, 2.24) is 0 Å². The minimum atomic E-state index is -4.60. The van der Waals surface area contributed by atoms with Gasteiger partial charge in [-0.2, -0.15) is 13.2 Å². The van der Waals surface area contributed by atoms with Crippen LogP contribution in [-0.2, 0) is 4.74 Å². The van der Waals surface area contributed by atoms with E-state index in [2.05, 4.69) is 10.1 Å². The van der Waals surface area contributed by atoms with E-state index in [1.165, 1.54) is 26.4 Å². The summed E-state index contributed by atoms with van der Waals surface area (Å²) in [5, 5.41) is 2.25. The average Bonchev–Trinajstić information content (AvgIpc) is 2.36. The van der Waals surface area contributed by atoms with Gasteiger partial charge in [-0.25, -0.2) is 4.79 Å². The lowest BCUT2D eigenvalue weighted by atomic mass is 10.2. The second-order valence-electron chi connectivity index (χ2n) is 3.50. The van der Waals surface area contributed by atoms with Gasteiger partial charge in [0.1, 0.15) is 11.5 Å². The van der Waals surface area contributed by atoms with E-state index in [0.29, 0.717) is 0 Å². The lowest BCUT2D eigenvalue weighted by Crippen LogP contribution is -2.23. The van der Waals surface area contributed by atoms with Gasteiger partial charge >= 0.3 is 12.3 Å². The second kappa shape index (κ2) is 6.56. The molecule has 1 aromatic rings. The molecule has 5 nitrogen and oxygen atoms in total. The molecule has 0 aliphatic carbocycles. The van der Waals surface area contributed by atoms with Crippen LogP contribution in [0.2, 0.25) is 5.02 Å². The first-order valence-corrected chi connectivity index (χ1v) is 5.56. The van der Waals surface area contributed by atoms with Gasteiger partial charge in [-0.05, 0) is 6.07 Å². The largest absolute Gasteiger partial charge is 0.495 e. The minimum absolute atomic E-state index is 0.0606. The number of benzene rings is 1. The van der Waals surface area contributed by atoms with Crippen molar-refractivity contribution in [1.29, 1.82) is 0 Å². The smallest absolute Gasteiger partial charge is 0.422 e. The van der Waals surface area contributed by atoms with Crippen LogP contribution in [0, 0.1) is 0 Å². The molecule has 1 amide bonds. The van der Waals surface area contributed by atoms with Crippen LogP contribution in [0.4, 0.5) is 23.7 Å². The van der Waals surface area contributed by atoms with E-state index < -0.39 is 18.9 Å². The fraction of sp³-hybridized carbons (Fsp3) is 0.364. The third-order valence-electron chi connectivity index (χ3n) is 2.08. The molecule has 0 bridgehead atoms. The summed E-state index contributed by atoms with van der Waals surface area (Å²) in [7, 11) is 2.69. The zero-order chi connectivity index (χ0) is 15.3. The van der Waals surface area contributed by atoms with Gasteiger partial charge in [-0.1, -0.05) is 11.6 Å². The fourth-order valence-electron chi connectivity index (χ4n) is 1.25. The van der Waals surface area contributed by atoms with E-state index in [0.717, 1.165) is 0 Å². The number of halogens is 4. The number of amides is 1. The number of rotatable bonds is 4. The molecule has 0 spiro atoms. The van der Waals surface area contributed by atoms with Gasteiger partial charge in [0.15, 0.2) is 6.61 Å². The van der Waals surface area contributed by atoms with Crippen molar-refractivity contribution in [2.45, 2.75) is 6.18 Å². The van der Waals surface area contributed by atoms with Crippen LogP contribution in [0.5, 0.6) is 11.5 Å². The normalized spacial score (nSPS) is 10.9. The van der Waals surface area contributed by atoms with Gasteiger partial charge in [0.05, 0.1) is 24.9 Å². The molecule has 0 unspecified atom stereocenters. The van der Waals surface area contributed by atoms with Gasteiger partial charge in [0.2, 0.25) is 0 Å². The molecule has 1 aromatic carbocycles. The van der Waals surface area contributed by atoms with E-state index >= 15 is 0 Å². The molecule has 0 atom stereocenters. The number of anilines is 1. The highest BCUT2D eigenvalue weighted by Gasteiger charge is 2.29. The van der Waals surface area contributed by atoms with E-state index in [-0.39, 0.29) is 22.2 Å². The van der Waals surface area contributed by atoms with Crippen LogP contribution in [0.15, 0.2) is 12.1 Å². The SMILES string of the molecule is COc1cc(OC)c(NC(=O)OCC(F)(F)F)cc1Cl. The monoisotopic (exact) mass is 313 g/mol. The van der Waals surface area contributed by atoms with Crippen molar-refractivity contribution in [3.8, 4) is 11.5 Å². The molecule has 0 aliphatic heterocycles. The Morgan fingerprint density at radius 1 is 1.25 bits per heavy atom. The molecule has 9 heteroatoms. The van der Waals surface area contributed by atoms with E-state index in [1.54, 1.807) is 0 Å². The minimum Gasteiger partial charge on any atom is -0.495 e. The molecule has 0 saturated heterocycles. The summed E-state index contributed by atoms with van der Waals surface area (Å²) < 4.78 is 49.6. The highest BCUT2D eigenvalue weighted by atomic mass is 35.5. The molecule has 0 saturated carbocycles.